The Labute approximate surface area is 136 Å². The number of carbonyl (C=O) groups is 1. The number of aryl methyl sites for hydroxylation is 2. The average Bonchev–Trinajstić information content (AvgIpc) is 3.01. The molecule has 122 valence electrons. The first-order valence-electron chi connectivity index (χ1n) is 7.17. The third-order valence-corrected chi connectivity index (χ3v) is 3.41. The number of carbonyl (C=O) groups excluding carboxylic acids is 1. The summed E-state index contributed by atoms with van der Waals surface area (Å²) in [6.45, 7) is 3.08. The fourth-order valence-electron chi connectivity index (χ4n) is 2.33. The van der Waals surface area contributed by atoms with Crippen molar-refractivity contribution < 1.29 is 13.9 Å². The summed E-state index contributed by atoms with van der Waals surface area (Å²) in [5.41, 5.74) is 0.978. The predicted molar refractivity (Wildman–Crippen MR) is 82.7 cm³/mol. The molecule has 1 aromatic carbocycles. The average molecular weight is 326 g/mol. The van der Waals surface area contributed by atoms with Crippen LogP contribution in [0.4, 0.5) is 0 Å². The first kappa shape index (κ1) is 15.6. The van der Waals surface area contributed by atoms with E-state index in [1.54, 1.807) is 13.8 Å². The molecular weight excluding hydrogens is 312 g/mol. The molecule has 0 saturated heterocycles. The van der Waals surface area contributed by atoms with Crippen molar-refractivity contribution in [2.24, 2.45) is 0 Å². The molecule has 0 bridgehead atoms. The number of nitrogens with zero attached hydrogens (tertiary/aromatic N) is 4. The highest BCUT2D eigenvalue weighted by molar-refractivity contribution is 5.91. The van der Waals surface area contributed by atoms with Crippen molar-refractivity contribution in [3.63, 3.8) is 0 Å². The van der Waals surface area contributed by atoms with E-state index in [1.807, 2.05) is 30.3 Å². The highest BCUT2D eigenvalue weighted by atomic mass is 16.5. The lowest BCUT2D eigenvalue weighted by atomic mass is 10.1. The summed E-state index contributed by atoms with van der Waals surface area (Å²) in [5.74, 6) is -0.00810. The van der Waals surface area contributed by atoms with Crippen LogP contribution in [-0.2, 0) is 11.3 Å². The molecule has 0 radical (unpaired) electrons. The van der Waals surface area contributed by atoms with E-state index in [0.717, 1.165) is 5.69 Å². The topological polar surface area (TPSA) is 100 Å². The fraction of sp³-hybridized carbons (Fsp3) is 0.188. The van der Waals surface area contributed by atoms with Gasteiger partial charge in [-0.15, -0.1) is 5.10 Å². The lowest BCUT2D eigenvalue weighted by Gasteiger charge is -2.08. The maximum Gasteiger partial charge on any atom is 0.342 e. The minimum atomic E-state index is -0.601. The van der Waals surface area contributed by atoms with Crippen molar-refractivity contribution in [1.82, 2.24) is 20.2 Å². The van der Waals surface area contributed by atoms with Gasteiger partial charge < -0.3 is 9.15 Å². The number of tetrazole rings is 1. The molecule has 0 spiro atoms. The third kappa shape index (κ3) is 3.07. The molecule has 0 aliphatic heterocycles. The quantitative estimate of drug-likeness (QED) is 0.671. The molecule has 0 aliphatic rings. The fourth-order valence-corrected chi connectivity index (χ4v) is 2.33. The van der Waals surface area contributed by atoms with Crippen molar-refractivity contribution in [3.05, 3.63) is 69.5 Å². The smallest absolute Gasteiger partial charge is 0.342 e. The Balaban J connectivity index is 1.79. The van der Waals surface area contributed by atoms with Gasteiger partial charge in [-0.1, -0.05) is 18.2 Å². The van der Waals surface area contributed by atoms with Gasteiger partial charge in [0.2, 0.25) is 0 Å². The Bertz CT molecular complexity index is 905. The van der Waals surface area contributed by atoms with Crippen molar-refractivity contribution in [1.29, 1.82) is 0 Å². The van der Waals surface area contributed by atoms with Gasteiger partial charge in [0, 0.05) is 6.07 Å². The molecule has 0 atom stereocenters. The number of para-hydroxylation sites is 1. The van der Waals surface area contributed by atoms with E-state index in [1.165, 1.54) is 10.7 Å². The number of hydrogen-bond donors (Lipinski definition) is 0. The third-order valence-electron chi connectivity index (χ3n) is 3.41. The number of benzene rings is 1. The molecule has 3 rings (SSSR count). The second-order valence-electron chi connectivity index (χ2n) is 5.10. The zero-order valence-electron chi connectivity index (χ0n) is 13.1. The number of ether oxygens (including phenoxy) is 1. The lowest BCUT2D eigenvalue weighted by molar-refractivity contribution is 0.0454. The number of aromatic nitrogens is 4. The molecule has 0 unspecified atom stereocenters. The van der Waals surface area contributed by atoms with E-state index >= 15 is 0 Å². The summed E-state index contributed by atoms with van der Waals surface area (Å²) < 4.78 is 11.7. The Hall–Kier alpha value is -3.29. The lowest BCUT2D eigenvalue weighted by Crippen LogP contribution is -2.14. The van der Waals surface area contributed by atoms with Gasteiger partial charge in [-0.25, -0.2) is 9.59 Å². The SMILES string of the molecule is Cc1cc(=O)oc(C)c1C(=O)OCc1nnnn1-c1ccccc1. The van der Waals surface area contributed by atoms with Crippen LogP contribution in [0.2, 0.25) is 0 Å². The molecule has 8 heteroatoms. The highest BCUT2D eigenvalue weighted by Crippen LogP contribution is 2.14. The van der Waals surface area contributed by atoms with Crippen molar-refractivity contribution in [3.8, 4) is 5.69 Å². The van der Waals surface area contributed by atoms with Gasteiger partial charge in [-0.05, 0) is 42.0 Å². The van der Waals surface area contributed by atoms with E-state index in [4.69, 9.17) is 9.15 Å². The summed E-state index contributed by atoms with van der Waals surface area (Å²) in [5, 5.41) is 11.4. The summed E-state index contributed by atoms with van der Waals surface area (Å²) in [6.07, 6.45) is 0. The molecular formula is C16H14N4O4. The van der Waals surface area contributed by atoms with Gasteiger partial charge >= 0.3 is 11.6 Å². The predicted octanol–water partition coefficient (Wildman–Crippen LogP) is 1.59. The molecule has 0 amide bonds. The van der Waals surface area contributed by atoms with E-state index in [2.05, 4.69) is 15.5 Å². The van der Waals surface area contributed by atoms with Crippen LogP contribution in [0.5, 0.6) is 0 Å². The summed E-state index contributed by atoms with van der Waals surface area (Å²) in [6, 6.07) is 10.5. The molecule has 0 aliphatic carbocycles. The van der Waals surface area contributed by atoms with Crippen LogP contribution in [0.1, 0.15) is 27.5 Å². The van der Waals surface area contributed by atoms with Crippen LogP contribution in [0.25, 0.3) is 5.69 Å². The minimum Gasteiger partial charge on any atom is -0.454 e. The van der Waals surface area contributed by atoms with Gasteiger partial charge in [0.15, 0.2) is 12.4 Å². The van der Waals surface area contributed by atoms with Crippen molar-refractivity contribution in [2.75, 3.05) is 0 Å². The van der Waals surface area contributed by atoms with Crippen LogP contribution in [0, 0.1) is 13.8 Å². The monoisotopic (exact) mass is 326 g/mol. The highest BCUT2D eigenvalue weighted by Gasteiger charge is 2.18. The van der Waals surface area contributed by atoms with Crippen molar-refractivity contribution in [2.45, 2.75) is 20.5 Å². The van der Waals surface area contributed by atoms with Crippen LogP contribution >= 0.6 is 0 Å². The van der Waals surface area contributed by atoms with Crippen LogP contribution < -0.4 is 5.63 Å². The van der Waals surface area contributed by atoms with E-state index in [0.29, 0.717) is 11.4 Å². The molecule has 8 nitrogen and oxygen atoms in total. The van der Waals surface area contributed by atoms with Gasteiger partial charge in [0.05, 0.1) is 5.69 Å². The number of hydrogen-bond acceptors (Lipinski definition) is 7. The Morgan fingerprint density at radius 1 is 1.25 bits per heavy atom. The molecule has 0 N–H and O–H groups in total. The maximum absolute atomic E-state index is 12.3. The standard InChI is InChI=1S/C16H14N4O4/c1-10-8-14(21)24-11(2)15(10)16(22)23-9-13-17-18-19-20(13)12-6-4-3-5-7-12/h3-8H,9H2,1-2H3. The first-order valence-corrected chi connectivity index (χ1v) is 7.17. The van der Waals surface area contributed by atoms with E-state index in [-0.39, 0.29) is 17.9 Å². The second-order valence-corrected chi connectivity index (χ2v) is 5.10. The summed E-state index contributed by atoms with van der Waals surface area (Å²) >= 11 is 0. The normalized spacial score (nSPS) is 10.6. The zero-order chi connectivity index (χ0) is 17.1. The van der Waals surface area contributed by atoms with Gasteiger partial charge in [0.25, 0.3) is 0 Å². The van der Waals surface area contributed by atoms with Crippen LogP contribution in [0.15, 0.2) is 45.6 Å². The van der Waals surface area contributed by atoms with Crippen molar-refractivity contribution >= 4 is 5.97 Å². The Morgan fingerprint density at radius 3 is 2.71 bits per heavy atom. The van der Waals surface area contributed by atoms with Gasteiger partial charge in [0.1, 0.15) is 11.3 Å². The van der Waals surface area contributed by atoms with Gasteiger partial charge in [-0.2, -0.15) is 4.68 Å². The van der Waals surface area contributed by atoms with E-state index in [9.17, 15) is 9.59 Å². The second kappa shape index (κ2) is 6.45. The van der Waals surface area contributed by atoms with E-state index < -0.39 is 11.6 Å². The first-order chi connectivity index (χ1) is 11.6. The maximum atomic E-state index is 12.3. The molecule has 0 fully saturated rings. The molecule has 24 heavy (non-hydrogen) atoms. The van der Waals surface area contributed by atoms with Crippen LogP contribution in [-0.4, -0.2) is 26.2 Å². The number of rotatable bonds is 4. The number of esters is 1. The molecule has 0 saturated carbocycles. The largest absolute Gasteiger partial charge is 0.454 e. The Kier molecular flexibility index (Phi) is 4.19. The Morgan fingerprint density at radius 2 is 2.00 bits per heavy atom. The van der Waals surface area contributed by atoms with Crippen LogP contribution in [0.3, 0.4) is 0 Å². The molecule has 2 heterocycles. The summed E-state index contributed by atoms with van der Waals surface area (Å²) in [7, 11) is 0. The summed E-state index contributed by atoms with van der Waals surface area (Å²) in [4.78, 5) is 23.6. The molecule has 2 aromatic heterocycles. The van der Waals surface area contributed by atoms with Gasteiger partial charge in [-0.3, -0.25) is 0 Å². The molecule has 3 aromatic rings. The zero-order valence-corrected chi connectivity index (χ0v) is 13.1. The minimum absolute atomic E-state index is 0.112.